The molecular formula is C19H15N5O3S. The van der Waals surface area contributed by atoms with Crippen LogP contribution < -0.4 is 5.32 Å². The number of nitrogens with one attached hydrogen (secondary N) is 1. The molecular weight excluding hydrogens is 378 g/mol. The molecule has 0 saturated heterocycles. The summed E-state index contributed by atoms with van der Waals surface area (Å²) >= 11 is 1.42. The van der Waals surface area contributed by atoms with Crippen molar-refractivity contribution in [3.8, 4) is 0 Å². The second kappa shape index (κ2) is 7.20. The van der Waals surface area contributed by atoms with E-state index in [-0.39, 0.29) is 11.7 Å². The number of fused-ring (bicyclic) bond motifs is 1. The van der Waals surface area contributed by atoms with Crippen LogP contribution in [0.25, 0.3) is 10.2 Å². The Morgan fingerprint density at radius 3 is 2.64 bits per heavy atom. The van der Waals surface area contributed by atoms with Gasteiger partial charge in [0.15, 0.2) is 5.13 Å². The fourth-order valence-corrected chi connectivity index (χ4v) is 3.63. The van der Waals surface area contributed by atoms with Gasteiger partial charge in [-0.15, -0.1) is 0 Å². The number of anilines is 1. The minimum Gasteiger partial charge on any atom is -0.358 e. The number of para-hydroxylation sites is 1. The van der Waals surface area contributed by atoms with E-state index in [1.807, 2.05) is 24.3 Å². The summed E-state index contributed by atoms with van der Waals surface area (Å²) in [6.45, 7) is 2.15. The summed E-state index contributed by atoms with van der Waals surface area (Å²) in [4.78, 5) is 27.2. The van der Waals surface area contributed by atoms with Gasteiger partial charge in [-0.25, -0.2) is 4.98 Å². The van der Waals surface area contributed by atoms with Crippen LogP contribution in [0.5, 0.6) is 0 Å². The lowest BCUT2D eigenvalue weighted by molar-refractivity contribution is -0.389. The van der Waals surface area contributed by atoms with E-state index < -0.39 is 4.92 Å². The molecule has 140 valence electrons. The maximum Gasteiger partial charge on any atom is 0.390 e. The molecule has 0 aliphatic rings. The monoisotopic (exact) mass is 393 g/mol. The molecule has 2 aromatic carbocycles. The summed E-state index contributed by atoms with van der Waals surface area (Å²) in [6, 6.07) is 16.2. The van der Waals surface area contributed by atoms with Crippen LogP contribution in [0.3, 0.4) is 0 Å². The van der Waals surface area contributed by atoms with E-state index in [0.717, 1.165) is 15.8 Å². The highest BCUT2D eigenvalue weighted by Crippen LogP contribution is 2.25. The lowest BCUT2D eigenvalue weighted by Gasteiger charge is -2.04. The van der Waals surface area contributed by atoms with Crippen molar-refractivity contribution in [3.63, 3.8) is 0 Å². The Kier molecular flexibility index (Phi) is 4.58. The molecule has 0 spiro atoms. The molecule has 1 N–H and O–H groups in total. The highest BCUT2D eigenvalue weighted by molar-refractivity contribution is 7.22. The summed E-state index contributed by atoms with van der Waals surface area (Å²) in [5, 5.41) is 18.2. The van der Waals surface area contributed by atoms with Crippen molar-refractivity contribution in [1.82, 2.24) is 14.8 Å². The Hall–Kier alpha value is -3.59. The first-order chi connectivity index (χ1) is 13.5. The SMILES string of the molecule is Cc1cc([N+](=O)[O-])nn1Cc1ccc(C(=O)Nc2nc3ccccc3s2)cc1. The van der Waals surface area contributed by atoms with E-state index in [4.69, 9.17) is 0 Å². The minimum absolute atomic E-state index is 0.177. The summed E-state index contributed by atoms with van der Waals surface area (Å²) in [5.41, 5.74) is 2.94. The lowest BCUT2D eigenvalue weighted by Crippen LogP contribution is -2.12. The third kappa shape index (κ3) is 3.60. The average molecular weight is 393 g/mol. The number of nitrogens with zero attached hydrogens (tertiary/aromatic N) is 4. The topological polar surface area (TPSA) is 103 Å². The van der Waals surface area contributed by atoms with Crippen LogP contribution >= 0.6 is 11.3 Å². The first kappa shape index (κ1) is 17.8. The zero-order chi connectivity index (χ0) is 19.7. The number of hydrogen-bond acceptors (Lipinski definition) is 6. The maximum atomic E-state index is 12.5. The standard InChI is InChI=1S/C19H15N5O3S/c1-12-10-17(24(26)27)22-23(12)11-13-6-8-14(9-7-13)18(25)21-19-20-15-4-2-3-5-16(15)28-19/h2-10H,11H2,1H3,(H,20,21,25). The average Bonchev–Trinajstić information content (AvgIpc) is 3.25. The molecule has 0 fully saturated rings. The molecule has 4 aromatic rings. The molecule has 0 aliphatic heterocycles. The molecule has 0 radical (unpaired) electrons. The predicted molar refractivity (Wildman–Crippen MR) is 107 cm³/mol. The quantitative estimate of drug-likeness (QED) is 0.408. The maximum absolute atomic E-state index is 12.5. The first-order valence-corrected chi connectivity index (χ1v) is 9.26. The van der Waals surface area contributed by atoms with Crippen molar-refractivity contribution < 1.29 is 9.72 Å². The van der Waals surface area contributed by atoms with Crippen LogP contribution in [0.1, 0.15) is 21.6 Å². The van der Waals surface area contributed by atoms with Gasteiger partial charge in [0, 0.05) is 5.56 Å². The summed E-state index contributed by atoms with van der Waals surface area (Å²) in [5.74, 6) is -0.416. The second-order valence-electron chi connectivity index (χ2n) is 6.20. The van der Waals surface area contributed by atoms with Crippen LogP contribution in [0, 0.1) is 17.0 Å². The number of rotatable bonds is 5. The largest absolute Gasteiger partial charge is 0.390 e. The molecule has 2 aromatic heterocycles. The van der Waals surface area contributed by atoms with Crippen molar-refractivity contribution in [2.45, 2.75) is 13.5 Å². The van der Waals surface area contributed by atoms with Crippen LogP contribution in [-0.2, 0) is 6.54 Å². The minimum atomic E-state index is -0.515. The van der Waals surface area contributed by atoms with Crippen LogP contribution in [0.4, 0.5) is 10.9 Å². The second-order valence-corrected chi connectivity index (χ2v) is 7.23. The number of aromatic nitrogens is 3. The molecule has 0 aliphatic carbocycles. The number of benzene rings is 2. The van der Waals surface area contributed by atoms with Gasteiger partial charge in [-0.1, -0.05) is 35.6 Å². The van der Waals surface area contributed by atoms with Crippen molar-refractivity contribution in [2.75, 3.05) is 5.32 Å². The van der Waals surface area contributed by atoms with Crippen molar-refractivity contribution in [2.24, 2.45) is 0 Å². The van der Waals surface area contributed by atoms with Crippen LogP contribution in [-0.4, -0.2) is 25.6 Å². The van der Waals surface area contributed by atoms with Crippen LogP contribution in [0.2, 0.25) is 0 Å². The molecule has 0 saturated carbocycles. The smallest absolute Gasteiger partial charge is 0.358 e. The van der Waals surface area contributed by atoms with E-state index in [1.54, 1.807) is 35.9 Å². The van der Waals surface area contributed by atoms with Crippen molar-refractivity contribution >= 4 is 38.4 Å². The Bertz CT molecular complexity index is 1150. The Balaban J connectivity index is 1.46. The van der Waals surface area contributed by atoms with E-state index in [9.17, 15) is 14.9 Å². The van der Waals surface area contributed by atoms with Gasteiger partial charge in [0.25, 0.3) is 5.91 Å². The third-order valence-electron chi connectivity index (χ3n) is 4.22. The van der Waals surface area contributed by atoms with Gasteiger partial charge >= 0.3 is 5.82 Å². The molecule has 0 atom stereocenters. The molecule has 8 nitrogen and oxygen atoms in total. The fourth-order valence-electron chi connectivity index (χ4n) is 2.77. The van der Waals surface area contributed by atoms with Gasteiger partial charge in [-0.3, -0.25) is 10.1 Å². The van der Waals surface area contributed by atoms with Gasteiger partial charge in [0.1, 0.15) is 0 Å². The molecule has 4 rings (SSSR count). The molecule has 2 heterocycles. The van der Waals surface area contributed by atoms with Gasteiger partial charge in [-0.2, -0.15) is 4.68 Å². The normalized spacial score (nSPS) is 10.9. The van der Waals surface area contributed by atoms with Gasteiger partial charge in [0.2, 0.25) is 0 Å². The molecule has 0 bridgehead atoms. The zero-order valence-corrected chi connectivity index (χ0v) is 15.6. The number of carbonyl (C=O) groups excluding carboxylic acids is 1. The summed E-state index contributed by atoms with van der Waals surface area (Å²) in [6.07, 6.45) is 0. The number of carbonyl (C=O) groups is 1. The number of amides is 1. The van der Waals surface area contributed by atoms with Gasteiger partial charge in [-0.05, 0) is 41.7 Å². The van der Waals surface area contributed by atoms with Crippen molar-refractivity contribution in [1.29, 1.82) is 0 Å². The van der Waals surface area contributed by atoms with Gasteiger partial charge < -0.3 is 10.1 Å². The number of nitro groups is 1. The number of aryl methyl sites for hydroxylation is 1. The summed E-state index contributed by atoms with van der Waals surface area (Å²) in [7, 11) is 0. The Labute approximate surface area is 163 Å². The van der Waals surface area contributed by atoms with Crippen LogP contribution in [0.15, 0.2) is 54.6 Å². The molecule has 9 heteroatoms. The molecule has 0 unspecified atom stereocenters. The predicted octanol–water partition coefficient (Wildman–Crippen LogP) is 4.01. The van der Waals surface area contributed by atoms with E-state index >= 15 is 0 Å². The first-order valence-electron chi connectivity index (χ1n) is 8.44. The van der Waals surface area contributed by atoms with E-state index in [0.29, 0.717) is 22.9 Å². The Morgan fingerprint density at radius 2 is 1.96 bits per heavy atom. The molecule has 1 amide bonds. The number of hydrogen-bond donors (Lipinski definition) is 1. The third-order valence-corrected chi connectivity index (χ3v) is 5.17. The zero-order valence-electron chi connectivity index (χ0n) is 14.8. The van der Waals surface area contributed by atoms with E-state index in [1.165, 1.54) is 17.4 Å². The Morgan fingerprint density at radius 1 is 1.21 bits per heavy atom. The summed E-state index contributed by atoms with van der Waals surface area (Å²) < 4.78 is 2.57. The highest BCUT2D eigenvalue weighted by atomic mass is 32.1. The number of thiazole rings is 1. The lowest BCUT2D eigenvalue weighted by atomic mass is 10.1. The fraction of sp³-hybridized carbons (Fsp3) is 0.105. The van der Waals surface area contributed by atoms with Gasteiger partial charge in [0.05, 0.1) is 33.6 Å². The highest BCUT2D eigenvalue weighted by Gasteiger charge is 2.16. The van der Waals surface area contributed by atoms with E-state index in [2.05, 4.69) is 15.4 Å². The van der Waals surface area contributed by atoms with Crippen molar-refractivity contribution in [3.05, 3.63) is 81.5 Å². The molecule has 28 heavy (non-hydrogen) atoms.